The number of alkyl halides is 2. The molecule has 3 heteroatoms. The molecule has 1 aromatic carbocycles. The molecular formula is C11H8Cl2O. The number of halogens is 2. The lowest BCUT2D eigenvalue weighted by Crippen LogP contribution is -2.37. The number of rotatable bonds is 2. The fourth-order valence-electron chi connectivity index (χ4n) is 1.40. The van der Waals surface area contributed by atoms with Gasteiger partial charge in [-0.3, -0.25) is 4.79 Å². The summed E-state index contributed by atoms with van der Waals surface area (Å²) in [5.41, 5.74) is 1.88. The third kappa shape index (κ3) is 1.58. The van der Waals surface area contributed by atoms with Crippen molar-refractivity contribution in [1.29, 1.82) is 0 Å². The largest absolute Gasteiger partial charge is 0.291 e. The van der Waals surface area contributed by atoms with Crippen molar-refractivity contribution in [2.24, 2.45) is 0 Å². The van der Waals surface area contributed by atoms with Crippen LogP contribution in [-0.4, -0.2) is 10.1 Å². The van der Waals surface area contributed by atoms with Crippen LogP contribution in [0.15, 0.2) is 42.0 Å². The summed E-state index contributed by atoms with van der Waals surface area (Å²) in [5.74, 6) is -0.216. The van der Waals surface area contributed by atoms with Crippen molar-refractivity contribution in [3.05, 3.63) is 47.5 Å². The highest BCUT2D eigenvalue weighted by Crippen LogP contribution is 2.40. The maximum Gasteiger partial charge on any atom is 0.201 e. The summed E-state index contributed by atoms with van der Waals surface area (Å²) < 4.78 is -1.28. The summed E-state index contributed by atoms with van der Waals surface area (Å²) in [7, 11) is 0. The zero-order valence-electron chi connectivity index (χ0n) is 7.34. The van der Waals surface area contributed by atoms with Crippen molar-refractivity contribution in [2.45, 2.75) is 10.8 Å². The van der Waals surface area contributed by atoms with Gasteiger partial charge in [-0.15, -0.1) is 0 Å². The highest BCUT2D eigenvalue weighted by Gasteiger charge is 2.44. The summed E-state index contributed by atoms with van der Waals surface area (Å²) in [4.78, 5) is 11.0. The van der Waals surface area contributed by atoms with E-state index in [0.717, 1.165) is 11.1 Å². The number of hydrogen-bond donors (Lipinski definition) is 0. The lowest BCUT2D eigenvalue weighted by atomic mass is 9.90. The van der Waals surface area contributed by atoms with Gasteiger partial charge in [0, 0.05) is 0 Å². The van der Waals surface area contributed by atoms with Crippen molar-refractivity contribution in [3.8, 4) is 0 Å². The van der Waals surface area contributed by atoms with Crippen LogP contribution in [-0.2, 0) is 11.2 Å². The first-order valence-corrected chi connectivity index (χ1v) is 5.03. The van der Waals surface area contributed by atoms with Crippen molar-refractivity contribution in [2.75, 3.05) is 0 Å². The first kappa shape index (κ1) is 9.75. The molecule has 1 nitrogen and oxygen atoms in total. The fraction of sp³-hybridized carbons (Fsp3) is 0.182. The number of carbonyl (C=O) groups is 1. The van der Waals surface area contributed by atoms with Crippen LogP contribution >= 0.6 is 23.2 Å². The topological polar surface area (TPSA) is 17.1 Å². The molecule has 0 N–H and O–H groups in total. The third-order valence-electron chi connectivity index (χ3n) is 2.26. The van der Waals surface area contributed by atoms with Crippen LogP contribution in [0.1, 0.15) is 5.56 Å². The Labute approximate surface area is 92.3 Å². The second-order valence-electron chi connectivity index (χ2n) is 3.27. The average Bonchev–Trinajstić information content (AvgIpc) is 2.19. The van der Waals surface area contributed by atoms with Gasteiger partial charge in [-0.25, -0.2) is 0 Å². The van der Waals surface area contributed by atoms with E-state index in [1.807, 2.05) is 30.3 Å². The molecule has 0 fully saturated rings. The number of ketones is 1. The van der Waals surface area contributed by atoms with Gasteiger partial charge < -0.3 is 0 Å². The predicted octanol–water partition coefficient (Wildman–Crippen LogP) is 2.91. The van der Waals surface area contributed by atoms with Crippen LogP contribution in [0, 0.1) is 0 Å². The van der Waals surface area contributed by atoms with Gasteiger partial charge in [0.15, 0.2) is 5.78 Å². The molecule has 0 heterocycles. The minimum atomic E-state index is -1.28. The van der Waals surface area contributed by atoms with Crippen LogP contribution in [0.3, 0.4) is 0 Å². The molecular weight excluding hydrogens is 219 g/mol. The van der Waals surface area contributed by atoms with Crippen molar-refractivity contribution < 1.29 is 4.79 Å². The molecule has 0 unspecified atom stereocenters. The van der Waals surface area contributed by atoms with Crippen LogP contribution < -0.4 is 0 Å². The predicted molar refractivity (Wildman–Crippen MR) is 57.7 cm³/mol. The zero-order chi connectivity index (χ0) is 10.2. The van der Waals surface area contributed by atoms with E-state index in [0.29, 0.717) is 6.42 Å². The summed E-state index contributed by atoms with van der Waals surface area (Å²) >= 11 is 11.6. The number of benzene rings is 1. The van der Waals surface area contributed by atoms with E-state index in [1.165, 1.54) is 6.08 Å². The lowest BCUT2D eigenvalue weighted by molar-refractivity contribution is -0.116. The molecule has 0 spiro atoms. The van der Waals surface area contributed by atoms with Gasteiger partial charge in [-0.2, -0.15) is 0 Å². The zero-order valence-corrected chi connectivity index (χ0v) is 8.85. The van der Waals surface area contributed by atoms with E-state index in [4.69, 9.17) is 23.2 Å². The standard InChI is InChI=1S/C11H8Cl2O/c12-11(13)9(7-10(11)14)6-8-4-2-1-3-5-8/h1-5,7H,6H2. The minimum Gasteiger partial charge on any atom is -0.291 e. The van der Waals surface area contributed by atoms with Crippen molar-refractivity contribution in [3.63, 3.8) is 0 Å². The Hall–Kier alpha value is -0.790. The first-order valence-electron chi connectivity index (χ1n) is 4.28. The fourth-order valence-corrected chi connectivity index (χ4v) is 1.75. The second kappa shape index (κ2) is 3.41. The molecule has 1 aliphatic carbocycles. The summed E-state index contributed by atoms with van der Waals surface area (Å²) in [6, 6.07) is 9.79. The minimum absolute atomic E-state index is 0.216. The second-order valence-corrected chi connectivity index (χ2v) is 4.60. The Morgan fingerprint density at radius 1 is 1.14 bits per heavy atom. The van der Waals surface area contributed by atoms with Gasteiger partial charge in [0.2, 0.25) is 4.33 Å². The number of allylic oxidation sites excluding steroid dienone is 2. The van der Waals surface area contributed by atoms with Crippen molar-refractivity contribution >= 4 is 29.0 Å². The average molecular weight is 227 g/mol. The molecule has 1 aromatic rings. The maximum absolute atomic E-state index is 11.0. The molecule has 0 saturated carbocycles. The number of carbonyl (C=O) groups excluding carboxylic acids is 1. The summed E-state index contributed by atoms with van der Waals surface area (Å²) in [6.07, 6.45) is 2.15. The molecule has 0 saturated heterocycles. The Morgan fingerprint density at radius 2 is 1.79 bits per heavy atom. The monoisotopic (exact) mass is 226 g/mol. The summed E-state index contributed by atoms with van der Waals surface area (Å²) in [5, 5.41) is 0. The van der Waals surface area contributed by atoms with E-state index in [-0.39, 0.29) is 5.78 Å². The molecule has 0 radical (unpaired) electrons. The van der Waals surface area contributed by atoms with Crippen LogP contribution in [0.5, 0.6) is 0 Å². The van der Waals surface area contributed by atoms with Gasteiger partial charge in [0.25, 0.3) is 0 Å². The highest BCUT2D eigenvalue weighted by molar-refractivity contribution is 6.64. The Bertz CT molecular complexity index is 393. The first-order chi connectivity index (χ1) is 6.60. The van der Waals surface area contributed by atoms with E-state index < -0.39 is 4.33 Å². The SMILES string of the molecule is O=C1C=C(Cc2ccccc2)C1(Cl)Cl. The molecule has 0 atom stereocenters. The van der Waals surface area contributed by atoms with Gasteiger partial charge in [-0.1, -0.05) is 53.5 Å². The van der Waals surface area contributed by atoms with Crippen LogP contribution in [0.4, 0.5) is 0 Å². The Kier molecular flexibility index (Phi) is 2.38. The molecule has 72 valence electrons. The molecule has 14 heavy (non-hydrogen) atoms. The molecule has 0 bridgehead atoms. The van der Waals surface area contributed by atoms with E-state index in [2.05, 4.69) is 0 Å². The highest BCUT2D eigenvalue weighted by atomic mass is 35.5. The van der Waals surface area contributed by atoms with E-state index in [9.17, 15) is 4.79 Å². The van der Waals surface area contributed by atoms with Gasteiger partial charge >= 0.3 is 0 Å². The number of hydrogen-bond acceptors (Lipinski definition) is 1. The van der Waals surface area contributed by atoms with E-state index >= 15 is 0 Å². The molecule has 2 rings (SSSR count). The van der Waals surface area contributed by atoms with Crippen LogP contribution in [0.2, 0.25) is 0 Å². The quantitative estimate of drug-likeness (QED) is 0.710. The molecule has 0 aromatic heterocycles. The smallest absolute Gasteiger partial charge is 0.201 e. The normalized spacial score (nSPS) is 18.7. The maximum atomic E-state index is 11.0. The lowest BCUT2D eigenvalue weighted by Gasteiger charge is -2.28. The molecule has 1 aliphatic rings. The summed E-state index contributed by atoms with van der Waals surface area (Å²) in [6.45, 7) is 0. The van der Waals surface area contributed by atoms with Gasteiger partial charge in [0.05, 0.1) is 0 Å². The van der Waals surface area contributed by atoms with Crippen molar-refractivity contribution in [1.82, 2.24) is 0 Å². The Balaban J connectivity index is 2.15. The third-order valence-corrected chi connectivity index (χ3v) is 3.11. The van der Waals surface area contributed by atoms with Gasteiger partial charge in [-0.05, 0) is 23.6 Å². The van der Waals surface area contributed by atoms with Crippen LogP contribution in [0.25, 0.3) is 0 Å². The van der Waals surface area contributed by atoms with E-state index in [1.54, 1.807) is 0 Å². The van der Waals surface area contributed by atoms with Gasteiger partial charge in [0.1, 0.15) is 0 Å². The molecule has 0 amide bonds. The molecule has 0 aliphatic heterocycles. The Morgan fingerprint density at radius 3 is 2.29 bits per heavy atom.